The van der Waals surface area contributed by atoms with Gasteiger partial charge in [-0.1, -0.05) is 6.92 Å². The van der Waals surface area contributed by atoms with Crippen LogP contribution in [-0.2, 0) is 0 Å². The zero-order chi connectivity index (χ0) is 14.0. The van der Waals surface area contributed by atoms with Crippen LogP contribution in [0.5, 0.6) is 5.75 Å². The fraction of sp³-hybridized carbons (Fsp3) is 0.500. The number of carbonyl (C=O) groups is 1. The van der Waals surface area contributed by atoms with Crippen molar-refractivity contribution in [3.8, 4) is 5.75 Å². The Morgan fingerprint density at radius 3 is 2.95 bits per heavy atom. The summed E-state index contributed by atoms with van der Waals surface area (Å²) in [6, 6.07) is 3.55. The summed E-state index contributed by atoms with van der Waals surface area (Å²) in [6.45, 7) is 3.04. The Balaban J connectivity index is 2.27. The van der Waals surface area contributed by atoms with E-state index in [4.69, 9.17) is 5.73 Å². The summed E-state index contributed by atoms with van der Waals surface area (Å²) in [7, 11) is 0. The minimum Gasteiger partial charge on any atom is -0.508 e. The van der Waals surface area contributed by atoms with Crippen LogP contribution >= 0.6 is 0 Å². The minimum atomic E-state index is -0.695. The van der Waals surface area contributed by atoms with Crippen LogP contribution in [0, 0.1) is 11.7 Å². The molecule has 2 rings (SSSR count). The van der Waals surface area contributed by atoms with Crippen LogP contribution in [0.25, 0.3) is 0 Å². The molecule has 1 fully saturated rings. The molecular weight excluding hydrogens is 247 g/mol. The number of benzene rings is 1. The monoisotopic (exact) mass is 266 g/mol. The molecule has 1 heterocycles. The smallest absolute Gasteiger partial charge is 0.257 e. The average Bonchev–Trinajstić information content (AvgIpc) is 2.37. The number of rotatable bonds is 2. The number of hydrogen-bond acceptors (Lipinski definition) is 3. The Hall–Kier alpha value is -1.62. The second-order valence-corrected chi connectivity index (χ2v) is 5.09. The second kappa shape index (κ2) is 5.57. The van der Waals surface area contributed by atoms with Gasteiger partial charge in [0.25, 0.3) is 5.91 Å². The highest BCUT2D eigenvalue weighted by molar-refractivity contribution is 5.95. The normalized spacial score (nSPS) is 23.4. The van der Waals surface area contributed by atoms with E-state index in [9.17, 15) is 14.3 Å². The van der Waals surface area contributed by atoms with Gasteiger partial charge < -0.3 is 15.7 Å². The summed E-state index contributed by atoms with van der Waals surface area (Å²) < 4.78 is 13.7. The predicted octanol–water partition coefficient (Wildman–Crippen LogP) is 1.73. The molecule has 104 valence electrons. The molecule has 4 nitrogen and oxygen atoms in total. The minimum absolute atomic E-state index is 0.00894. The van der Waals surface area contributed by atoms with Crippen molar-refractivity contribution in [2.75, 3.05) is 13.1 Å². The number of aromatic hydroxyl groups is 1. The summed E-state index contributed by atoms with van der Waals surface area (Å²) in [5, 5.41) is 9.18. The number of phenols is 1. The molecule has 1 aliphatic heterocycles. The van der Waals surface area contributed by atoms with Crippen molar-refractivity contribution in [1.82, 2.24) is 4.90 Å². The van der Waals surface area contributed by atoms with E-state index < -0.39 is 5.82 Å². The van der Waals surface area contributed by atoms with Gasteiger partial charge in [-0.05, 0) is 30.9 Å². The zero-order valence-electron chi connectivity index (χ0n) is 11.0. The molecule has 2 atom stereocenters. The van der Waals surface area contributed by atoms with E-state index in [0.717, 1.165) is 18.9 Å². The summed E-state index contributed by atoms with van der Waals surface area (Å²) in [6.07, 6.45) is 1.94. The van der Waals surface area contributed by atoms with E-state index in [1.54, 1.807) is 4.90 Å². The van der Waals surface area contributed by atoms with E-state index in [2.05, 4.69) is 6.92 Å². The molecule has 0 bridgehead atoms. The Labute approximate surface area is 112 Å². The fourth-order valence-electron chi connectivity index (χ4n) is 2.69. The fourth-order valence-corrected chi connectivity index (χ4v) is 2.69. The molecule has 1 saturated heterocycles. The topological polar surface area (TPSA) is 66.6 Å². The number of phenolic OH excluding ortho intramolecular Hbond substituents is 1. The molecule has 0 aromatic heterocycles. The van der Waals surface area contributed by atoms with Gasteiger partial charge in [0.15, 0.2) is 0 Å². The highest BCUT2D eigenvalue weighted by atomic mass is 19.1. The maximum absolute atomic E-state index is 13.7. The maximum atomic E-state index is 13.7. The number of hydrogen-bond donors (Lipinski definition) is 2. The van der Waals surface area contributed by atoms with Crippen molar-refractivity contribution in [2.45, 2.75) is 25.8 Å². The molecule has 3 N–H and O–H groups in total. The Morgan fingerprint density at radius 1 is 1.58 bits per heavy atom. The number of nitrogens with two attached hydrogens (primary N) is 1. The molecular formula is C14H19FN2O2. The summed E-state index contributed by atoms with van der Waals surface area (Å²) in [5.74, 6) is -0.905. The van der Waals surface area contributed by atoms with Crippen LogP contribution in [0.3, 0.4) is 0 Å². The first-order valence-electron chi connectivity index (χ1n) is 6.54. The highest BCUT2D eigenvalue weighted by Crippen LogP contribution is 2.25. The van der Waals surface area contributed by atoms with Gasteiger partial charge in [-0.2, -0.15) is 0 Å². The van der Waals surface area contributed by atoms with E-state index in [1.807, 2.05) is 0 Å². The summed E-state index contributed by atoms with van der Waals surface area (Å²) >= 11 is 0. The highest BCUT2D eigenvalue weighted by Gasteiger charge is 2.32. The van der Waals surface area contributed by atoms with Crippen molar-refractivity contribution >= 4 is 5.91 Å². The molecule has 1 aliphatic rings. The van der Waals surface area contributed by atoms with Gasteiger partial charge in [0.1, 0.15) is 11.6 Å². The standard InChI is InChI=1S/C14H19FN2O2/c1-9-3-2-6-17(13(9)8-16)14(19)11-5-4-10(18)7-12(11)15/h4-5,7,9,13,18H,2-3,6,8,16H2,1H3. The Bertz CT molecular complexity index is 479. The lowest BCUT2D eigenvalue weighted by Gasteiger charge is -2.39. The first-order chi connectivity index (χ1) is 9.04. The van der Waals surface area contributed by atoms with E-state index >= 15 is 0 Å². The number of nitrogens with zero attached hydrogens (tertiary/aromatic N) is 1. The lowest BCUT2D eigenvalue weighted by molar-refractivity contribution is 0.0528. The molecule has 0 saturated carbocycles. The van der Waals surface area contributed by atoms with Gasteiger partial charge in [-0.25, -0.2) is 4.39 Å². The molecule has 0 spiro atoms. The van der Waals surface area contributed by atoms with Gasteiger partial charge in [0.2, 0.25) is 0 Å². The number of likely N-dealkylation sites (tertiary alicyclic amines) is 1. The second-order valence-electron chi connectivity index (χ2n) is 5.09. The molecule has 19 heavy (non-hydrogen) atoms. The Kier molecular flexibility index (Phi) is 4.04. The molecule has 0 aliphatic carbocycles. The van der Waals surface area contributed by atoms with Crippen LogP contribution < -0.4 is 5.73 Å². The number of carbonyl (C=O) groups excluding carboxylic acids is 1. The summed E-state index contributed by atoms with van der Waals surface area (Å²) in [5.41, 5.74) is 5.73. The Morgan fingerprint density at radius 2 is 2.32 bits per heavy atom. The van der Waals surface area contributed by atoms with Gasteiger partial charge in [0, 0.05) is 25.2 Å². The number of piperidine rings is 1. The van der Waals surface area contributed by atoms with Crippen LogP contribution in [-0.4, -0.2) is 35.0 Å². The van der Waals surface area contributed by atoms with Crippen LogP contribution in [0.2, 0.25) is 0 Å². The number of halogens is 1. The lowest BCUT2D eigenvalue weighted by atomic mass is 9.90. The van der Waals surface area contributed by atoms with Gasteiger partial charge >= 0.3 is 0 Å². The molecule has 1 amide bonds. The molecule has 0 radical (unpaired) electrons. The van der Waals surface area contributed by atoms with E-state index in [-0.39, 0.29) is 23.3 Å². The van der Waals surface area contributed by atoms with Crippen molar-refractivity contribution in [2.24, 2.45) is 11.7 Å². The largest absolute Gasteiger partial charge is 0.508 e. The quantitative estimate of drug-likeness (QED) is 0.856. The third-order valence-corrected chi connectivity index (χ3v) is 3.80. The average molecular weight is 266 g/mol. The van der Waals surface area contributed by atoms with Crippen LogP contribution in [0.15, 0.2) is 18.2 Å². The first-order valence-corrected chi connectivity index (χ1v) is 6.54. The van der Waals surface area contributed by atoms with Crippen molar-refractivity contribution < 1.29 is 14.3 Å². The third-order valence-electron chi connectivity index (χ3n) is 3.80. The zero-order valence-corrected chi connectivity index (χ0v) is 11.0. The van der Waals surface area contributed by atoms with Crippen molar-refractivity contribution in [3.63, 3.8) is 0 Å². The first kappa shape index (κ1) is 13.8. The maximum Gasteiger partial charge on any atom is 0.257 e. The van der Waals surface area contributed by atoms with Gasteiger partial charge in [0.05, 0.1) is 5.56 Å². The van der Waals surface area contributed by atoms with Crippen LogP contribution in [0.4, 0.5) is 4.39 Å². The van der Waals surface area contributed by atoms with Gasteiger partial charge in [-0.15, -0.1) is 0 Å². The molecule has 1 aromatic carbocycles. The molecule has 2 unspecified atom stereocenters. The SMILES string of the molecule is CC1CCCN(C(=O)c2ccc(O)cc2F)C1CN. The third kappa shape index (κ3) is 2.71. The van der Waals surface area contributed by atoms with Crippen molar-refractivity contribution in [3.05, 3.63) is 29.6 Å². The van der Waals surface area contributed by atoms with Crippen molar-refractivity contribution in [1.29, 1.82) is 0 Å². The lowest BCUT2D eigenvalue weighted by Crippen LogP contribution is -2.51. The molecule has 1 aromatic rings. The summed E-state index contributed by atoms with van der Waals surface area (Å²) in [4.78, 5) is 14.1. The van der Waals surface area contributed by atoms with E-state index in [0.29, 0.717) is 19.0 Å². The predicted molar refractivity (Wildman–Crippen MR) is 70.3 cm³/mol. The van der Waals surface area contributed by atoms with Crippen LogP contribution in [0.1, 0.15) is 30.1 Å². The van der Waals surface area contributed by atoms with E-state index in [1.165, 1.54) is 12.1 Å². The van der Waals surface area contributed by atoms with Gasteiger partial charge in [-0.3, -0.25) is 4.79 Å². The number of amides is 1. The molecule has 5 heteroatoms.